The van der Waals surface area contributed by atoms with Crippen LogP contribution in [-0.2, 0) is 0 Å². The highest BCUT2D eigenvalue weighted by Gasteiger charge is 2.33. The van der Waals surface area contributed by atoms with Crippen molar-refractivity contribution in [2.24, 2.45) is 11.3 Å². The van der Waals surface area contributed by atoms with Crippen LogP contribution in [0.1, 0.15) is 45.6 Å². The molecule has 19 heavy (non-hydrogen) atoms. The largest absolute Gasteiger partial charge is 0.487 e. The summed E-state index contributed by atoms with van der Waals surface area (Å²) in [5, 5.41) is 8.72. The number of hydrogen-bond acceptors (Lipinski definition) is 2. The van der Waals surface area contributed by atoms with E-state index in [0.717, 1.165) is 12.8 Å². The molecule has 0 amide bonds. The number of halogens is 1. The Balaban J connectivity index is 2.11. The topological polar surface area (TPSA) is 33.0 Å². The Morgan fingerprint density at radius 2 is 2.11 bits per heavy atom. The zero-order chi connectivity index (χ0) is 14.0. The van der Waals surface area contributed by atoms with Crippen LogP contribution in [0.5, 0.6) is 5.75 Å². The first-order valence-corrected chi connectivity index (χ1v) is 6.76. The van der Waals surface area contributed by atoms with E-state index in [1.54, 1.807) is 12.1 Å². The Labute approximate surface area is 114 Å². The SMILES string of the molecule is CC1CC(Oc2ccc(C#N)cc2F)CC(C)(C)C1. The number of ether oxygens (including phenoxy) is 1. The van der Waals surface area contributed by atoms with Gasteiger partial charge in [0, 0.05) is 0 Å². The molecular formula is C16H20FNO. The van der Waals surface area contributed by atoms with Gasteiger partial charge in [-0.15, -0.1) is 0 Å². The zero-order valence-electron chi connectivity index (χ0n) is 11.7. The Hall–Kier alpha value is -1.56. The van der Waals surface area contributed by atoms with Gasteiger partial charge < -0.3 is 4.74 Å². The summed E-state index contributed by atoms with van der Waals surface area (Å²) in [7, 11) is 0. The summed E-state index contributed by atoms with van der Waals surface area (Å²) in [4.78, 5) is 0. The van der Waals surface area contributed by atoms with E-state index >= 15 is 0 Å². The first-order valence-electron chi connectivity index (χ1n) is 6.76. The second-order valence-electron chi connectivity index (χ2n) is 6.41. The van der Waals surface area contributed by atoms with Gasteiger partial charge in [-0.1, -0.05) is 20.8 Å². The molecule has 102 valence electrons. The first kappa shape index (κ1) is 13.9. The van der Waals surface area contributed by atoms with Gasteiger partial charge >= 0.3 is 0 Å². The van der Waals surface area contributed by atoms with E-state index in [-0.39, 0.29) is 17.3 Å². The minimum absolute atomic E-state index is 0.0567. The Bertz CT molecular complexity index is 504. The quantitative estimate of drug-likeness (QED) is 0.795. The fourth-order valence-corrected chi connectivity index (χ4v) is 3.19. The van der Waals surface area contributed by atoms with Gasteiger partial charge in [0.05, 0.1) is 17.7 Å². The summed E-state index contributed by atoms with van der Waals surface area (Å²) in [6, 6.07) is 6.30. The number of rotatable bonds is 2. The smallest absolute Gasteiger partial charge is 0.166 e. The first-order chi connectivity index (χ1) is 8.89. The number of benzene rings is 1. The number of hydrogen-bond donors (Lipinski definition) is 0. The van der Waals surface area contributed by atoms with Crippen LogP contribution in [0.2, 0.25) is 0 Å². The van der Waals surface area contributed by atoms with Crippen molar-refractivity contribution < 1.29 is 9.13 Å². The predicted octanol–water partition coefficient (Wildman–Crippen LogP) is 4.29. The predicted molar refractivity (Wildman–Crippen MR) is 72.3 cm³/mol. The lowest BCUT2D eigenvalue weighted by Crippen LogP contribution is -2.34. The molecule has 2 rings (SSSR count). The molecule has 1 saturated carbocycles. The van der Waals surface area contributed by atoms with Crippen LogP contribution >= 0.6 is 0 Å². The fourth-order valence-electron chi connectivity index (χ4n) is 3.19. The monoisotopic (exact) mass is 261 g/mol. The second-order valence-corrected chi connectivity index (χ2v) is 6.41. The maximum atomic E-state index is 13.8. The molecule has 0 bridgehead atoms. The van der Waals surface area contributed by atoms with Gasteiger partial charge in [-0.25, -0.2) is 4.39 Å². The third-order valence-electron chi connectivity index (χ3n) is 3.70. The van der Waals surface area contributed by atoms with Gasteiger partial charge in [-0.05, 0) is 48.8 Å². The van der Waals surface area contributed by atoms with E-state index in [0.29, 0.717) is 11.5 Å². The highest BCUT2D eigenvalue weighted by Crippen LogP contribution is 2.40. The molecule has 1 aromatic rings. The van der Waals surface area contributed by atoms with E-state index in [1.165, 1.54) is 12.5 Å². The molecule has 0 N–H and O–H groups in total. The van der Waals surface area contributed by atoms with Crippen molar-refractivity contribution in [1.82, 2.24) is 0 Å². The zero-order valence-corrected chi connectivity index (χ0v) is 11.7. The van der Waals surface area contributed by atoms with Crippen LogP contribution in [0.15, 0.2) is 18.2 Å². The molecule has 1 aromatic carbocycles. The molecule has 0 radical (unpaired) electrons. The van der Waals surface area contributed by atoms with Crippen LogP contribution in [0.4, 0.5) is 4.39 Å². The summed E-state index contributed by atoms with van der Waals surface area (Å²) in [5.74, 6) is 0.402. The second kappa shape index (κ2) is 5.21. The van der Waals surface area contributed by atoms with Crippen molar-refractivity contribution in [2.45, 2.75) is 46.1 Å². The van der Waals surface area contributed by atoms with Crippen molar-refractivity contribution in [3.63, 3.8) is 0 Å². The highest BCUT2D eigenvalue weighted by molar-refractivity contribution is 5.36. The van der Waals surface area contributed by atoms with Crippen LogP contribution < -0.4 is 4.74 Å². The van der Waals surface area contributed by atoms with Gasteiger partial charge in [-0.2, -0.15) is 5.26 Å². The molecule has 3 heteroatoms. The van der Waals surface area contributed by atoms with Crippen LogP contribution in [-0.4, -0.2) is 6.10 Å². The summed E-state index contributed by atoms with van der Waals surface area (Å²) in [5.41, 5.74) is 0.563. The molecule has 1 fully saturated rings. The standard InChI is InChI=1S/C16H20FNO/c1-11-6-13(9-16(2,3)8-11)19-15-5-4-12(10-18)7-14(15)17/h4-5,7,11,13H,6,8-9H2,1-3H3. The van der Waals surface area contributed by atoms with Gasteiger partial charge in [0.1, 0.15) is 0 Å². The van der Waals surface area contributed by atoms with Gasteiger partial charge in [0.15, 0.2) is 11.6 Å². The normalized spacial score (nSPS) is 25.6. The molecule has 0 saturated heterocycles. The Morgan fingerprint density at radius 1 is 1.37 bits per heavy atom. The Kier molecular flexibility index (Phi) is 3.80. The number of nitriles is 1. The molecule has 0 aromatic heterocycles. The molecule has 2 unspecified atom stereocenters. The summed E-state index contributed by atoms with van der Waals surface area (Å²) >= 11 is 0. The van der Waals surface area contributed by atoms with Crippen LogP contribution in [0.25, 0.3) is 0 Å². The average Bonchev–Trinajstić information content (AvgIpc) is 2.29. The molecule has 0 aliphatic heterocycles. The molecular weight excluding hydrogens is 241 g/mol. The van der Waals surface area contributed by atoms with Crippen molar-refractivity contribution in [2.75, 3.05) is 0 Å². The lowest BCUT2D eigenvalue weighted by atomic mass is 9.71. The highest BCUT2D eigenvalue weighted by atomic mass is 19.1. The third-order valence-corrected chi connectivity index (χ3v) is 3.70. The van der Waals surface area contributed by atoms with Gasteiger partial charge in [0.25, 0.3) is 0 Å². The number of nitrogens with zero attached hydrogens (tertiary/aromatic N) is 1. The van der Waals surface area contributed by atoms with E-state index in [2.05, 4.69) is 20.8 Å². The van der Waals surface area contributed by atoms with E-state index < -0.39 is 5.82 Å². The van der Waals surface area contributed by atoms with Crippen LogP contribution in [0.3, 0.4) is 0 Å². The Morgan fingerprint density at radius 3 is 2.68 bits per heavy atom. The average molecular weight is 261 g/mol. The van der Waals surface area contributed by atoms with Crippen LogP contribution in [0, 0.1) is 28.5 Å². The fraction of sp³-hybridized carbons (Fsp3) is 0.562. The lowest BCUT2D eigenvalue weighted by Gasteiger charge is -2.38. The molecule has 2 atom stereocenters. The van der Waals surface area contributed by atoms with Gasteiger partial charge in [-0.3, -0.25) is 0 Å². The molecule has 1 aliphatic rings. The third kappa shape index (κ3) is 3.47. The van der Waals surface area contributed by atoms with E-state index in [4.69, 9.17) is 10.00 Å². The van der Waals surface area contributed by atoms with Crippen molar-refractivity contribution >= 4 is 0 Å². The maximum Gasteiger partial charge on any atom is 0.166 e. The molecule has 0 heterocycles. The lowest BCUT2D eigenvalue weighted by molar-refractivity contribution is 0.0536. The van der Waals surface area contributed by atoms with E-state index in [1.807, 2.05) is 6.07 Å². The molecule has 2 nitrogen and oxygen atoms in total. The van der Waals surface area contributed by atoms with Crippen molar-refractivity contribution in [3.05, 3.63) is 29.6 Å². The van der Waals surface area contributed by atoms with Crippen molar-refractivity contribution in [1.29, 1.82) is 5.26 Å². The minimum Gasteiger partial charge on any atom is -0.487 e. The van der Waals surface area contributed by atoms with Gasteiger partial charge in [0.2, 0.25) is 0 Å². The summed E-state index contributed by atoms with van der Waals surface area (Å²) < 4.78 is 19.6. The maximum absolute atomic E-state index is 13.8. The van der Waals surface area contributed by atoms with E-state index in [9.17, 15) is 4.39 Å². The molecule has 1 aliphatic carbocycles. The van der Waals surface area contributed by atoms with Crippen molar-refractivity contribution in [3.8, 4) is 11.8 Å². The summed E-state index contributed by atoms with van der Waals surface area (Å²) in [6.07, 6.45) is 3.14. The molecule has 0 spiro atoms. The minimum atomic E-state index is -0.449. The summed E-state index contributed by atoms with van der Waals surface area (Å²) in [6.45, 7) is 6.68.